The lowest BCUT2D eigenvalue weighted by molar-refractivity contribution is -0.192. The van der Waals surface area contributed by atoms with Crippen LogP contribution in [0.1, 0.15) is 13.8 Å². The number of imidazole rings is 1. The number of aromatic amines is 2. The molecule has 6 rings (SSSR count). The summed E-state index contributed by atoms with van der Waals surface area (Å²) in [5.41, 5.74) is 3.25. The molecular formula is C31H32F3N5O6. The summed E-state index contributed by atoms with van der Waals surface area (Å²) in [6.45, 7) is 7.13. The molecule has 1 aliphatic rings. The van der Waals surface area contributed by atoms with E-state index in [9.17, 15) is 22.8 Å². The van der Waals surface area contributed by atoms with Crippen LogP contribution < -0.4 is 16.0 Å². The van der Waals surface area contributed by atoms with Crippen molar-refractivity contribution in [2.24, 2.45) is 7.05 Å². The molecule has 11 nitrogen and oxygen atoms in total. The van der Waals surface area contributed by atoms with E-state index in [2.05, 4.69) is 28.7 Å². The van der Waals surface area contributed by atoms with E-state index in [1.165, 1.54) is 0 Å². The maximum absolute atomic E-state index is 13.2. The first kappa shape index (κ1) is 31.6. The van der Waals surface area contributed by atoms with Gasteiger partial charge in [0.1, 0.15) is 16.8 Å². The number of nitrogens with zero attached hydrogens (tertiary/aromatic N) is 3. The number of para-hydroxylation sites is 1. The second kappa shape index (κ2) is 12.7. The summed E-state index contributed by atoms with van der Waals surface area (Å²) < 4.78 is 47.4. The quantitative estimate of drug-likeness (QED) is 0.248. The number of ether oxygens (including phenoxy) is 2. The van der Waals surface area contributed by atoms with Crippen LogP contribution >= 0.6 is 0 Å². The third-order valence-corrected chi connectivity index (χ3v) is 7.43. The van der Waals surface area contributed by atoms with E-state index in [1.54, 1.807) is 22.4 Å². The zero-order chi connectivity index (χ0) is 32.5. The number of carboxylic acid groups (broad SMARTS) is 1. The Kier molecular flexibility index (Phi) is 8.89. The van der Waals surface area contributed by atoms with Crippen molar-refractivity contribution in [1.29, 1.82) is 0 Å². The van der Waals surface area contributed by atoms with E-state index < -0.39 is 12.1 Å². The lowest BCUT2D eigenvalue weighted by atomic mass is 10.0. The topological polar surface area (TPSA) is 135 Å². The summed E-state index contributed by atoms with van der Waals surface area (Å²) in [6, 6.07) is 15.3. The highest BCUT2D eigenvalue weighted by molar-refractivity contribution is 6.00. The minimum Gasteiger partial charge on any atom is -0.475 e. The van der Waals surface area contributed by atoms with Gasteiger partial charge in [0.05, 0.1) is 17.7 Å². The van der Waals surface area contributed by atoms with Gasteiger partial charge in [-0.1, -0.05) is 18.2 Å². The Morgan fingerprint density at radius 1 is 1.00 bits per heavy atom. The van der Waals surface area contributed by atoms with Gasteiger partial charge >= 0.3 is 17.8 Å². The Bertz CT molecular complexity index is 1930. The number of fused-ring (bicyclic) bond motifs is 2. The van der Waals surface area contributed by atoms with E-state index in [4.69, 9.17) is 19.4 Å². The van der Waals surface area contributed by atoms with Crippen molar-refractivity contribution in [3.05, 3.63) is 81.8 Å². The second-order valence-electron chi connectivity index (χ2n) is 10.9. The molecule has 45 heavy (non-hydrogen) atoms. The van der Waals surface area contributed by atoms with Gasteiger partial charge < -0.3 is 29.1 Å². The smallest absolute Gasteiger partial charge is 0.475 e. The van der Waals surface area contributed by atoms with Gasteiger partial charge in [-0.05, 0) is 44.2 Å². The minimum absolute atomic E-state index is 0.105. The number of nitrogens with one attached hydrogen (secondary N) is 2. The van der Waals surface area contributed by atoms with Gasteiger partial charge in [0, 0.05) is 62.1 Å². The molecule has 0 bridgehead atoms. The second-order valence-corrected chi connectivity index (χ2v) is 10.9. The molecule has 0 unspecified atom stereocenters. The van der Waals surface area contributed by atoms with Crippen LogP contribution in [-0.2, 0) is 23.1 Å². The zero-order valence-electron chi connectivity index (χ0n) is 24.7. The average molecular weight is 628 g/mol. The Morgan fingerprint density at radius 3 is 2.31 bits per heavy atom. The van der Waals surface area contributed by atoms with Crippen LogP contribution in [0.25, 0.3) is 33.1 Å². The highest BCUT2D eigenvalue weighted by atomic mass is 19.4. The van der Waals surface area contributed by atoms with Crippen molar-refractivity contribution < 1.29 is 32.5 Å². The lowest BCUT2D eigenvalue weighted by Gasteiger charge is -2.35. The number of carboxylic acids is 1. The molecule has 238 valence electrons. The molecule has 3 N–H and O–H groups in total. The van der Waals surface area contributed by atoms with Crippen LogP contribution in [0.4, 0.5) is 13.2 Å². The molecule has 0 radical (unpaired) electrons. The predicted molar refractivity (Wildman–Crippen MR) is 162 cm³/mol. The Morgan fingerprint density at radius 2 is 1.67 bits per heavy atom. The fourth-order valence-electron chi connectivity index (χ4n) is 5.54. The number of carbonyl (C=O) groups is 1. The van der Waals surface area contributed by atoms with Crippen molar-refractivity contribution in [3.8, 4) is 22.6 Å². The van der Waals surface area contributed by atoms with Gasteiger partial charge in [-0.25, -0.2) is 9.59 Å². The average Bonchev–Trinajstić information content (AvgIpc) is 3.59. The molecule has 4 heterocycles. The number of aliphatic carboxylic acids is 1. The zero-order valence-corrected chi connectivity index (χ0v) is 24.7. The molecule has 2 aromatic carbocycles. The van der Waals surface area contributed by atoms with Gasteiger partial charge in [-0.2, -0.15) is 13.2 Å². The molecule has 2 atom stereocenters. The van der Waals surface area contributed by atoms with Gasteiger partial charge in [-0.15, -0.1) is 0 Å². The van der Waals surface area contributed by atoms with Crippen molar-refractivity contribution in [3.63, 3.8) is 0 Å². The third-order valence-electron chi connectivity index (χ3n) is 7.43. The van der Waals surface area contributed by atoms with Crippen molar-refractivity contribution in [2.45, 2.75) is 38.8 Å². The summed E-state index contributed by atoms with van der Waals surface area (Å²) in [5.74, 6) is -1.56. The molecule has 1 fully saturated rings. The number of aromatic nitrogens is 4. The van der Waals surface area contributed by atoms with Crippen molar-refractivity contribution >= 4 is 27.9 Å². The predicted octanol–water partition coefficient (Wildman–Crippen LogP) is 4.71. The molecule has 14 heteroatoms. The number of benzene rings is 2. The number of alkyl halides is 3. The van der Waals surface area contributed by atoms with Crippen LogP contribution in [0.5, 0.6) is 11.5 Å². The number of aryl methyl sites for hydroxylation is 1. The fraction of sp³-hybridized carbons (Fsp3) is 0.323. The van der Waals surface area contributed by atoms with Crippen molar-refractivity contribution in [2.75, 3.05) is 19.6 Å². The van der Waals surface area contributed by atoms with Crippen LogP contribution in [0.2, 0.25) is 0 Å². The number of hydrogen-bond acceptors (Lipinski definition) is 6. The number of H-pyrrole nitrogens is 2. The summed E-state index contributed by atoms with van der Waals surface area (Å²) >= 11 is 0. The van der Waals surface area contributed by atoms with Gasteiger partial charge in [0.25, 0.3) is 5.56 Å². The number of rotatable bonds is 6. The minimum atomic E-state index is -5.08. The molecule has 1 aliphatic heterocycles. The Balaban J connectivity index is 0.000000515. The first-order valence-corrected chi connectivity index (χ1v) is 14.2. The maximum Gasteiger partial charge on any atom is 0.490 e. The molecular weight excluding hydrogens is 595 g/mol. The molecule has 0 aliphatic carbocycles. The van der Waals surface area contributed by atoms with Gasteiger partial charge in [0.15, 0.2) is 5.75 Å². The van der Waals surface area contributed by atoms with E-state index in [-0.39, 0.29) is 23.5 Å². The summed E-state index contributed by atoms with van der Waals surface area (Å²) in [6.07, 6.45) is -1.18. The molecule has 5 aromatic rings. The first-order chi connectivity index (χ1) is 21.3. The van der Waals surface area contributed by atoms with E-state index in [0.717, 1.165) is 41.7 Å². The number of hydrogen-bond donors (Lipinski definition) is 3. The molecule has 1 saturated heterocycles. The highest BCUT2D eigenvalue weighted by Crippen LogP contribution is 2.40. The van der Waals surface area contributed by atoms with E-state index in [0.29, 0.717) is 29.1 Å². The monoisotopic (exact) mass is 627 g/mol. The summed E-state index contributed by atoms with van der Waals surface area (Å²) in [5, 5.41) is 7.92. The van der Waals surface area contributed by atoms with E-state index >= 15 is 0 Å². The largest absolute Gasteiger partial charge is 0.490 e. The Hall–Kier alpha value is -4.82. The standard InChI is InChI=1S/C29H31N5O4.C2HF3O2/c1-18-15-33(16-19(2)37-18)13-14-34-24-10-9-22(23-17-32(3)28(35)25-21(23)11-12-30-25)27(26(24)31-29(34)36)38-20-7-5-4-6-8-20;3-2(4,5)1(6)7/h4-12,17-19,30H,13-16H2,1-3H3,(H,31,36);(H,6,7)/t18-,19+;. The van der Waals surface area contributed by atoms with Crippen LogP contribution in [0, 0.1) is 0 Å². The molecule has 0 amide bonds. The van der Waals surface area contributed by atoms with Gasteiger partial charge in [-0.3, -0.25) is 14.3 Å². The van der Waals surface area contributed by atoms with Gasteiger partial charge in [0.2, 0.25) is 0 Å². The molecule has 3 aromatic heterocycles. The number of morpholine rings is 1. The molecule has 0 spiro atoms. The molecule has 0 saturated carbocycles. The van der Waals surface area contributed by atoms with Crippen molar-refractivity contribution in [1.82, 2.24) is 24.0 Å². The Labute approximate surface area is 254 Å². The lowest BCUT2D eigenvalue weighted by Crippen LogP contribution is -2.46. The summed E-state index contributed by atoms with van der Waals surface area (Å²) in [7, 11) is 1.73. The normalized spacial score (nSPS) is 17.3. The van der Waals surface area contributed by atoms with Crippen LogP contribution in [-0.4, -0.2) is 73.1 Å². The first-order valence-electron chi connectivity index (χ1n) is 14.2. The maximum atomic E-state index is 13.2. The highest BCUT2D eigenvalue weighted by Gasteiger charge is 2.38. The fourth-order valence-corrected chi connectivity index (χ4v) is 5.54. The van der Waals surface area contributed by atoms with Crippen LogP contribution in [0.15, 0.2) is 70.5 Å². The summed E-state index contributed by atoms with van der Waals surface area (Å²) in [4.78, 5) is 43.3. The van der Waals surface area contributed by atoms with Crippen LogP contribution in [0.3, 0.4) is 0 Å². The number of pyridine rings is 1. The third kappa shape index (κ3) is 6.81. The number of halogens is 3. The van der Waals surface area contributed by atoms with E-state index in [1.807, 2.05) is 54.7 Å². The SMILES string of the molecule is C[C@@H]1CN(CCn2c(=O)[nH]c3c(Oc4ccccc4)c(-c4cn(C)c(=O)c5[nH]ccc45)ccc32)C[C@H](C)O1.O=C(O)C(F)(F)F.